The number of rotatable bonds is 6. The molecule has 0 saturated carbocycles. The Morgan fingerprint density at radius 3 is 2.58 bits per heavy atom. The van der Waals surface area contributed by atoms with E-state index >= 15 is 0 Å². The molecular weight excluding hydrogens is 461 g/mol. The van der Waals surface area contributed by atoms with Crippen molar-refractivity contribution in [3.63, 3.8) is 0 Å². The Balaban J connectivity index is 1.47. The van der Waals surface area contributed by atoms with E-state index < -0.39 is 0 Å². The summed E-state index contributed by atoms with van der Waals surface area (Å²) in [5.41, 5.74) is 2.18. The van der Waals surface area contributed by atoms with Crippen LogP contribution in [-0.4, -0.2) is 24.7 Å². The lowest BCUT2D eigenvalue weighted by Gasteiger charge is -2.11. The average Bonchev–Trinajstić information content (AvgIpc) is 3.21. The lowest BCUT2D eigenvalue weighted by molar-refractivity contribution is 0.628. The van der Waals surface area contributed by atoms with Crippen molar-refractivity contribution in [2.24, 2.45) is 0 Å². The normalized spacial score (nSPS) is 11.2. The van der Waals surface area contributed by atoms with Crippen LogP contribution in [0.15, 0.2) is 82.7 Å². The molecule has 0 aliphatic heterocycles. The van der Waals surface area contributed by atoms with Gasteiger partial charge in [0.15, 0.2) is 11.0 Å². The Labute approximate surface area is 197 Å². The van der Waals surface area contributed by atoms with Crippen molar-refractivity contribution in [2.75, 3.05) is 0 Å². The predicted octanol–water partition coefficient (Wildman–Crippen LogP) is 5.31. The van der Waals surface area contributed by atoms with Crippen LogP contribution >= 0.6 is 23.4 Å². The summed E-state index contributed by atoms with van der Waals surface area (Å²) >= 11 is 7.41. The highest BCUT2D eigenvalue weighted by Crippen LogP contribution is 2.27. The summed E-state index contributed by atoms with van der Waals surface area (Å²) in [6, 6.07) is 21.2. The Morgan fingerprint density at radius 1 is 1.00 bits per heavy atom. The largest absolute Gasteiger partial charge is 0.309 e. The van der Waals surface area contributed by atoms with E-state index in [4.69, 9.17) is 11.6 Å². The van der Waals surface area contributed by atoms with Crippen LogP contribution in [0.2, 0.25) is 5.02 Å². The number of halogens is 2. The van der Waals surface area contributed by atoms with E-state index in [0.29, 0.717) is 45.0 Å². The third-order valence-corrected chi connectivity index (χ3v) is 6.27. The first-order valence-corrected chi connectivity index (χ1v) is 11.5. The van der Waals surface area contributed by atoms with Gasteiger partial charge in [0.1, 0.15) is 11.6 Å². The van der Waals surface area contributed by atoms with Crippen LogP contribution in [0.5, 0.6) is 0 Å². The van der Waals surface area contributed by atoms with Gasteiger partial charge in [-0.1, -0.05) is 53.7 Å². The minimum absolute atomic E-state index is 0.240. The molecule has 5 rings (SSSR count). The van der Waals surface area contributed by atoms with Crippen molar-refractivity contribution in [1.82, 2.24) is 24.7 Å². The number of benzene rings is 3. The van der Waals surface area contributed by atoms with Gasteiger partial charge in [-0.3, -0.25) is 9.36 Å². The lowest BCUT2D eigenvalue weighted by atomic mass is 10.2. The molecule has 0 aliphatic rings. The second-order valence-electron chi connectivity index (χ2n) is 7.35. The summed E-state index contributed by atoms with van der Waals surface area (Å²) in [7, 11) is 0. The summed E-state index contributed by atoms with van der Waals surface area (Å²) in [6.45, 7) is 0.545. The monoisotopic (exact) mass is 477 g/mol. The van der Waals surface area contributed by atoms with E-state index in [1.54, 1.807) is 30.3 Å². The number of H-pyrrole nitrogens is 1. The van der Waals surface area contributed by atoms with Crippen LogP contribution in [0.4, 0.5) is 4.39 Å². The third kappa shape index (κ3) is 4.67. The number of hydrogen-bond donors (Lipinski definition) is 1. The van der Waals surface area contributed by atoms with Crippen molar-refractivity contribution in [3.05, 3.63) is 105 Å². The van der Waals surface area contributed by atoms with Crippen molar-refractivity contribution in [1.29, 1.82) is 0 Å². The zero-order chi connectivity index (χ0) is 22.8. The zero-order valence-corrected chi connectivity index (χ0v) is 18.8. The number of thioether (sulfide) groups is 1. The molecule has 0 unspecified atom stereocenters. The second-order valence-corrected chi connectivity index (χ2v) is 8.73. The number of aromatic nitrogens is 5. The number of fused-ring (bicyclic) bond motifs is 1. The topological polar surface area (TPSA) is 76.5 Å². The van der Waals surface area contributed by atoms with Crippen LogP contribution in [0, 0.1) is 5.82 Å². The molecule has 0 atom stereocenters. The average molecular weight is 478 g/mol. The Bertz CT molecular complexity index is 1490. The molecule has 0 bridgehead atoms. The molecule has 6 nitrogen and oxygen atoms in total. The second kappa shape index (κ2) is 9.17. The van der Waals surface area contributed by atoms with E-state index in [9.17, 15) is 9.18 Å². The maximum absolute atomic E-state index is 13.4. The minimum Gasteiger partial charge on any atom is -0.309 e. The molecule has 0 fully saturated rings. The molecular formula is C24H17ClFN5OS. The van der Waals surface area contributed by atoms with Crippen molar-refractivity contribution >= 4 is 34.3 Å². The van der Waals surface area contributed by atoms with Gasteiger partial charge in [-0.25, -0.2) is 9.37 Å². The van der Waals surface area contributed by atoms with Gasteiger partial charge >= 0.3 is 0 Å². The summed E-state index contributed by atoms with van der Waals surface area (Å²) < 4.78 is 15.4. The number of nitrogens with zero attached hydrogens (tertiary/aromatic N) is 4. The first kappa shape index (κ1) is 21.4. The highest BCUT2D eigenvalue weighted by Gasteiger charge is 2.16. The van der Waals surface area contributed by atoms with Crippen LogP contribution in [0.3, 0.4) is 0 Å². The first-order chi connectivity index (χ1) is 16.1. The Hall–Kier alpha value is -3.49. The van der Waals surface area contributed by atoms with Crippen LogP contribution in [0.1, 0.15) is 11.4 Å². The summed E-state index contributed by atoms with van der Waals surface area (Å²) in [5, 5.41) is 10.3. The lowest BCUT2D eigenvalue weighted by Crippen LogP contribution is -2.11. The molecule has 33 heavy (non-hydrogen) atoms. The number of nitrogens with one attached hydrogen (secondary N) is 1. The SMILES string of the molecule is O=c1[nH]c(CSc2nnc(-c3ccc(F)cc3)n2Cc2ccccc2)nc2ccc(Cl)cc12. The van der Waals surface area contributed by atoms with E-state index in [0.717, 1.165) is 11.1 Å². The molecule has 0 aliphatic carbocycles. The fraction of sp³-hybridized carbons (Fsp3) is 0.0833. The van der Waals surface area contributed by atoms with Gasteiger partial charge in [0.2, 0.25) is 0 Å². The van der Waals surface area contributed by atoms with Crippen molar-refractivity contribution in [2.45, 2.75) is 17.5 Å². The summed E-state index contributed by atoms with van der Waals surface area (Å²) in [5.74, 6) is 1.24. The van der Waals surface area contributed by atoms with Gasteiger partial charge in [-0.05, 0) is 48.0 Å². The van der Waals surface area contributed by atoms with Crippen LogP contribution in [-0.2, 0) is 12.3 Å². The molecule has 5 aromatic rings. The molecule has 2 aromatic heterocycles. The molecule has 0 amide bonds. The highest BCUT2D eigenvalue weighted by molar-refractivity contribution is 7.98. The maximum atomic E-state index is 13.4. The van der Waals surface area contributed by atoms with E-state index in [1.165, 1.54) is 23.9 Å². The Kier molecular flexibility index (Phi) is 5.93. The molecule has 164 valence electrons. The molecule has 2 heterocycles. The zero-order valence-electron chi connectivity index (χ0n) is 17.2. The van der Waals surface area contributed by atoms with Gasteiger partial charge in [-0.15, -0.1) is 10.2 Å². The number of aromatic amines is 1. The van der Waals surface area contributed by atoms with Crippen molar-refractivity contribution < 1.29 is 4.39 Å². The molecule has 0 spiro atoms. The van der Waals surface area contributed by atoms with Crippen LogP contribution in [0.25, 0.3) is 22.3 Å². The third-order valence-electron chi connectivity index (χ3n) is 5.06. The number of hydrogen-bond acceptors (Lipinski definition) is 5. The van der Waals surface area contributed by atoms with Gasteiger partial charge in [0.25, 0.3) is 5.56 Å². The van der Waals surface area contributed by atoms with E-state index in [1.807, 2.05) is 34.9 Å². The molecule has 3 aromatic carbocycles. The van der Waals surface area contributed by atoms with Gasteiger partial charge < -0.3 is 4.98 Å². The standard InChI is InChI=1S/C24H17ClFN5OS/c25-17-8-11-20-19(12-17)23(32)28-21(27-20)14-33-24-30-29-22(16-6-9-18(26)10-7-16)31(24)13-15-4-2-1-3-5-15/h1-12H,13-14H2,(H,27,28,32). The van der Waals surface area contributed by atoms with Crippen LogP contribution < -0.4 is 5.56 Å². The fourth-order valence-electron chi connectivity index (χ4n) is 3.48. The van der Waals surface area contributed by atoms with Gasteiger partial charge in [0, 0.05) is 10.6 Å². The molecule has 0 saturated heterocycles. The Morgan fingerprint density at radius 2 is 1.79 bits per heavy atom. The molecule has 0 radical (unpaired) electrons. The smallest absolute Gasteiger partial charge is 0.258 e. The van der Waals surface area contributed by atoms with Gasteiger partial charge in [-0.2, -0.15) is 0 Å². The van der Waals surface area contributed by atoms with E-state index in [-0.39, 0.29) is 11.4 Å². The molecule has 1 N–H and O–H groups in total. The summed E-state index contributed by atoms with van der Waals surface area (Å²) in [4.78, 5) is 19.8. The first-order valence-electron chi connectivity index (χ1n) is 10.1. The minimum atomic E-state index is -0.310. The van der Waals surface area contributed by atoms with Gasteiger partial charge in [0.05, 0.1) is 23.2 Å². The fourth-order valence-corrected chi connectivity index (χ4v) is 4.46. The van der Waals surface area contributed by atoms with Crippen molar-refractivity contribution in [3.8, 4) is 11.4 Å². The highest BCUT2D eigenvalue weighted by atomic mass is 35.5. The molecule has 9 heteroatoms. The predicted molar refractivity (Wildman–Crippen MR) is 128 cm³/mol. The van der Waals surface area contributed by atoms with E-state index in [2.05, 4.69) is 20.2 Å². The quantitative estimate of drug-likeness (QED) is 0.335. The maximum Gasteiger partial charge on any atom is 0.258 e. The summed E-state index contributed by atoms with van der Waals surface area (Å²) in [6.07, 6.45) is 0.